The molecule has 0 unspecified atom stereocenters. The Balaban J connectivity index is 2.10. The molecular weight excluding hydrogens is 244 g/mol. The predicted molar refractivity (Wildman–Crippen MR) is 73.6 cm³/mol. The normalized spacial score (nSPS) is 16.4. The van der Waals surface area contributed by atoms with Crippen molar-refractivity contribution in [3.63, 3.8) is 0 Å². The maximum atomic E-state index is 12.0. The van der Waals surface area contributed by atoms with E-state index in [1.165, 1.54) is 0 Å². The molecule has 1 saturated carbocycles. The molecule has 1 aromatic rings. The van der Waals surface area contributed by atoms with Crippen LogP contribution in [0.2, 0.25) is 0 Å². The minimum absolute atomic E-state index is 0.134. The fourth-order valence-electron chi connectivity index (χ4n) is 2.06. The highest BCUT2D eigenvalue weighted by atomic mass is 16.5. The van der Waals surface area contributed by atoms with Gasteiger partial charge < -0.3 is 20.5 Å². The van der Waals surface area contributed by atoms with Crippen molar-refractivity contribution in [2.75, 3.05) is 19.0 Å². The summed E-state index contributed by atoms with van der Waals surface area (Å²) in [6.07, 6.45) is 2.50. The largest absolute Gasteiger partial charge is 0.493 e. The SMILES string of the molecule is CCOc1ccc(NC(=O)C2(N)CCC2)cc1OC. The number of methoxy groups -OCH3 is 1. The van der Waals surface area contributed by atoms with Crippen LogP contribution in [-0.2, 0) is 4.79 Å². The van der Waals surface area contributed by atoms with E-state index in [0.29, 0.717) is 23.8 Å². The zero-order chi connectivity index (χ0) is 13.9. The van der Waals surface area contributed by atoms with Gasteiger partial charge in [0.1, 0.15) is 0 Å². The number of amides is 1. The molecule has 19 heavy (non-hydrogen) atoms. The highest BCUT2D eigenvalue weighted by Gasteiger charge is 2.40. The van der Waals surface area contributed by atoms with E-state index in [1.807, 2.05) is 6.92 Å². The third-order valence-electron chi connectivity index (χ3n) is 3.42. The molecule has 2 rings (SSSR count). The van der Waals surface area contributed by atoms with Crippen molar-refractivity contribution in [3.05, 3.63) is 18.2 Å². The molecule has 5 nitrogen and oxygen atoms in total. The van der Waals surface area contributed by atoms with Crippen LogP contribution in [0.5, 0.6) is 11.5 Å². The maximum absolute atomic E-state index is 12.0. The first-order chi connectivity index (χ1) is 9.09. The standard InChI is InChI=1S/C14H20N2O3/c1-3-19-11-6-5-10(9-12(11)18-2)16-13(17)14(15)7-4-8-14/h5-6,9H,3-4,7-8,15H2,1-2H3,(H,16,17). The summed E-state index contributed by atoms with van der Waals surface area (Å²) in [6.45, 7) is 2.47. The van der Waals surface area contributed by atoms with Crippen LogP contribution < -0.4 is 20.5 Å². The molecule has 1 aliphatic carbocycles. The molecule has 1 aliphatic rings. The second-order valence-electron chi connectivity index (χ2n) is 4.76. The first-order valence-corrected chi connectivity index (χ1v) is 6.50. The Labute approximate surface area is 113 Å². The van der Waals surface area contributed by atoms with Gasteiger partial charge in [0.15, 0.2) is 11.5 Å². The van der Waals surface area contributed by atoms with E-state index in [1.54, 1.807) is 25.3 Å². The molecule has 1 fully saturated rings. The lowest BCUT2D eigenvalue weighted by Gasteiger charge is -2.36. The van der Waals surface area contributed by atoms with Crippen molar-refractivity contribution in [2.45, 2.75) is 31.7 Å². The van der Waals surface area contributed by atoms with Crippen LogP contribution in [0.4, 0.5) is 5.69 Å². The van der Waals surface area contributed by atoms with Crippen LogP contribution in [0.1, 0.15) is 26.2 Å². The Morgan fingerprint density at radius 3 is 2.68 bits per heavy atom. The molecule has 0 aliphatic heterocycles. The molecule has 0 spiro atoms. The van der Waals surface area contributed by atoms with Crippen LogP contribution in [0.15, 0.2) is 18.2 Å². The van der Waals surface area contributed by atoms with Gasteiger partial charge in [-0.1, -0.05) is 0 Å². The van der Waals surface area contributed by atoms with Crippen molar-refractivity contribution in [3.8, 4) is 11.5 Å². The molecule has 0 heterocycles. The third kappa shape index (κ3) is 2.81. The number of hydrogen-bond acceptors (Lipinski definition) is 4. The van der Waals surface area contributed by atoms with Crippen LogP contribution in [-0.4, -0.2) is 25.2 Å². The Bertz CT molecular complexity index is 470. The van der Waals surface area contributed by atoms with Crippen molar-refractivity contribution in [1.29, 1.82) is 0 Å². The number of carbonyl (C=O) groups is 1. The van der Waals surface area contributed by atoms with E-state index >= 15 is 0 Å². The predicted octanol–water partition coefficient (Wildman–Crippen LogP) is 1.91. The molecule has 5 heteroatoms. The quantitative estimate of drug-likeness (QED) is 0.852. The fourth-order valence-corrected chi connectivity index (χ4v) is 2.06. The van der Waals surface area contributed by atoms with Gasteiger partial charge in [0, 0.05) is 11.8 Å². The van der Waals surface area contributed by atoms with Crippen molar-refractivity contribution >= 4 is 11.6 Å². The lowest BCUT2D eigenvalue weighted by Crippen LogP contribution is -2.56. The van der Waals surface area contributed by atoms with Crippen molar-refractivity contribution < 1.29 is 14.3 Å². The van der Waals surface area contributed by atoms with E-state index in [4.69, 9.17) is 15.2 Å². The first kappa shape index (κ1) is 13.7. The summed E-state index contributed by atoms with van der Waals surface area (Å²) in [4.78, 5) is 12.0. The van der Waals surface area contributed by atoms with E-state index in [-0.39, 0.29) is 5.91 Å². The van der Waals surface area contributed by atoms with Gasteiger partial charge in [0.25, 0.3) is 0 Å². The summed E-state index contributed by atoms with van der Waals surface area (Å²) in [6, 6.07) is 5.31. The van der Waals surface area contributed by atoms with Gasteiger partial charge in [-0.15, -0.1) is 0 Å². The summed E-state index contributed by atoms with van der Waals surface area (Å²) in [7, 11) is 1.57. The average molecular weight is 264 g/mol. The minimum atomic E-state index is -0.703. The first-order valence-electron chi connectivity index (χ1n) is 6.50. The Morgan fingerprint density at radius 1 is 1.42 bits per heavy atom. The van der Waals surface area contributed by atoms with Gasteiger partial charge in [-0.25, -0.2) is 0 Å². The van der Waals surface area contributed by atoms with E-state index in [0.717, 1.165) is 19.3 Å². The number of rotatable bonds is 5. The average Bonchev–Trinajstić information content (AvgIpc) is 2.37. The molecule has 0 saturated heterocycles. The van der Waals surface area contributed by atoms with Crippen molar-refractivity contribution in [2.24, 2.45) is 5.73 Å². The molecule has 3 N–H and O–H groups in total. The van der Waals surface area contributed by atoms with Crippen molar-refractivity contribution in [1.82, 2.24) is 0 Å². The molecule has 0 radical (unpaired) electrons. The zero-order valence-corrected chi connectivity index (χ0v) is 11.4. The summed E-state index contributed by atoms with van der Waals surface area (Å²) in [5, 5.41) is 2.83. The topological polar surface area (TPSA) is 73.6 Å². The van der Waals surface area contributed by atoms with Crippen LogP contribution >= 0.6 is 0 Å². The lowest BCUT2D eigenvalue weighted by molar-refractivity contribution is -0.123. The number of nitrogens with one attached hydrogen (secondary N) is 1. The van der Waals surface area contributed by atoms with Gasteiger partial charge in [0.2, 0.25) is 5.91 Å². The number of nitrogens with two attached hydrogens (primary N) is 1. The van der Waals surface area contributed by atoms with Crippen LogP contribution in [0.25, 0.3) is 0 Å². The van der Waals surface area contributed by atoms with E-state index in [9.17, 15) is 4.79 Å². The highest BCUT2D eigenvalue weighted by Crippen LogP contribution is 2.33. The number of ether oxygens (including phenoxy) is 2. The summed E-state index contributed by atoms with van der Waals surface area (Å²) >= 11 is 0. The Hall–Kier alpha value is -1.75. The summed E-state index contributed by atoms with van der Waals surface area (Å²) < 4.78 is 10.7. The molecule has 104 valence electrons. The van der Waals surface area contributed by atoms with Crippen LogP contribution in [0, 0.1) is 0 Å². The summed E-state index contributed by atoms with van der Waals surface area (Å²) in [5.41, 5.74) is 5.94. The van der Waals surface area contributed by atoms with Gasteiger partial charge in [-0.3, -0.25) is 4.79 Å². The second kappa shape index (κ2) is 5.48. The third-order valence-corrected chi connectivity index (χ3v) is 3.42. The Morgan fingerprint density at radius 2 is 2.16 bits per heavy atom. The Kier molecular flexibility index (Phi) is 3.95. The smallest absolute Gasteiger partial charge is 0.244 e. The monoisotopic (exact) mass is 264 g/mol. The molecule has 0 aromatic heterocycles. The number of carbonyl (C=O) groups excluding carboxylic acids is 1. The molecule has 1 amide bonds. The van der Waals surface area contributed by atoms with Gasteiger partial charge in [-0.05, 0) is 38.3 Å². The molecule has 1 aromatic carbocycles. The fraction of sp³-hybridized carbons (Fsp3) is 0.500. The van der Waals surface area contributed by atoms with E-state index in [2.05, 4.69) is 5.32 Å². The molecule has 0 atom stereocenters. The van der Waals surface area contributed by atoms with Gasteiger partial charge in [0.05, 0.1) is 19.3 Å². The number of hydrogen-bond donors (Lipinski definition) is 2. The van der Waals surface area contributed by atoms with Crippen LogP contribution in [0.3, 0.4) is 0 Å². The number of anilines is 1. The molecule has 0 bridgehead atoms. The van der Waals surface area contributed by atoms with Gasteiger partial charge >= 0.3 is 0 Å². The van der Waals surface area contributed by atoms with E-state index < -0.39 is 5.54 Å². The maximum Gasteiger partial charge on any atom is 0.244 e. The zero-order valence-electron chi connectivity index (χ0n) is 11.4. The second-order valence-corrected chi connectivity index (χ2v) is 4.76. The van der Waals surface area contributed by atoms with Gasteiger partial charge in [-0.2, -0.15) is 0 Å². The highest BCUT2D eigenvalue weighted by molar-refractivity contribution is 5.98. The minimum Gasteiger partial charge on any atom is -0.493 e. The summed E-state index contributed by atoms with van der Waals surface area (Å²) in [5.74, 6) is 1.12. The molecular formula is C14H20N2O3. The lowest BCUT2D eigenvalue weighted by atomic mass is 9.77. The number of benzene rings is 1.